The molecule has 0 aliphatic carbocycles. The lowest BCUT2D eigenvalue weighted by atomic mass is 9.73. The highest BCUT2D eigenvalue weighted by Gasteiger charge is 2.61. The fourth-order valence-corrected chi connectivity index (χ4v) is 8.44. The normalized spacial score (nSPS) is 39.6. The zero-order valence-corrected chi connectivity index (χ0v) is 33.1. The molecule has 3 saturated heterocycles. The van der Waals surface area contributed by atoms with Gasteiger partial charge in [-0.2, -0.15) is 0 Å². The van der Waals surface area contributed by atoms with E-state index in [1.807, 2.05) is 38.1 Å². The SMILES string of the molecule is CC[C@H]1OC(=O)[C@H](C)C(=O)[C@H](C)[C@@H](O[C@H]2O[C@@H](C)C[C@@H](N(C)C)[C@@H]2O)[C@](C)(OC)C[C@@H](C)C(=O)[C@H](C)C2N(NCc3ccc(Cl)cc3)C(=O)O[C@@]21C. The number of nitrogens with zero attached hydrogens (tertiary/aromatic N) is 2. The highest BCUT2D eigenvalue weighted by atomic mass is 35.5. The molecular weight excluding hydrogens is 694 g/mol. The van der Waals surface area contributed by atoms with E-state index in [2.05, 4.69) is 5.43 Å². The van der Waals surface area contributed by atoms with Crippen LogP contribution in [0, 0.1) is 23.7 Å². The van der Waals surface area contributed by atoms with E-state index in [4.69, 9.17) is 35.3 Å². The third-order valence-corrected chi connectivity index (χ3v) is 11.7. The average Bonchev–Trinajstić information content (AvgIpc) is 3.36. The topological polar surface area (TPSA) is 153 Å². The fourth-order valence-electron chi connectivity index (χ4n) is 8.31. The van der Waals surface area contributed by atoms with E-state index in [1.54, 1.807) is 53.7 Å². The minimum atomic E-state index is -1.47. The van der Waals surface area contributed by atoms with Gasteiger partial charge in [0.2, 0.25) is 0 Å². The smallest absolute Gasteiger partial charge is 0.425 e. The molecule has 1 aromatic carbocycles. The van der Waals surface area contributed by atoms with E-state index in [9.17, 15) is 24.3 Å². The summed E-state index contributed by atoms with van der Waals surface area (Å²) in [4.78, 5) is 58.2. The van der Waals surface area contributed by atoms with Crippen molar-refractivity contribution in [1.29, 1.82) is 0 Å². The van der Waals surface area contributed by atoms with Crippen LogP contribution in [0.5, 0.6) is 0 Å². The van der Waals surface area contributed by atoms with Crippen LogP contribution in [0.4, 0.5) is 4.79 Å². The van der Waals surface area contributed by atoms with Crippen molar-refractivity contribution >= 4 is 35.2 Å². The van der Waals surface area contributed by atoms with E-state index in [-0.39, 0.29) is 37.3 Å². The van der Waals surface area contributed by atoms with Gasteiger partial charge in [-0.3, -0.25) is 14.4 Å². The number of hydrazine groups is 1. The minimum absolute atomic E-state index is 0.108. The van der Waals surface area contributed by atoms with Crippen LogP contribution in [0.1, 0.15) is 80.2 Å². The van der Waals surface area contributed by atoms with E-state index in [1.165, 1.54) is 19.0 Å². The van der Waals surface area contributed by atoms with Crippen molar-refractivity contribution in [3.63, 3.8) is 0 Å². The molecule has 1 unspecified atom stereocenters. The van der Waals surface area contributed by atoms with Crippen LogP contribution in [0.25, 0.3) is 0 Å². The van der Waals surface area contributed by atoms with Gasteiger partial charge in [0.05, 0.1) is 17.8 Å². The number of hydrogen-bond acceptors (Lipinski definition) is 12. The lowest BCUT2D eigenvalue weighted by Crippen LogP contribution is -2.61. The summed E-state index contributed by atoms with van der Waals surface area (Å²) >= 11 is 6.08. The van der Waals surface area contributed by atoms with Gasteiger partial charge < -0.3 is 33.7 Å². The molecular formula is C38H58ClN3O10. The van der Waals surface area contributed by atoms with Crippen LogP contribution in [-0.4, -0.2) is 114 Å². The largest absolute Gasteiger partial charge is 0.458 e. The van der Waals surface area contributed by atoms with Crippen molar-refractivity contribution in [2.75, 3.05) is 21.2 Å². The van der Waals surface area contributed by atoms with Gasteiger partial charge in [0.1, 0.15) is 30.0 Å². The molecule has 2 N–H and O–H groups in total. The molecule has 3 aliphatic rings. The average molecular weight is 752 g/mol. The molecule has 1 amide bonds. The Morgan fingerprint density at radius 1 is 1.02 bits per heavy atom. The van der Waals surface area contributed by atoms with Crippen molar-refractivity contribution in [2.45, 2.75) is 135 Å². The third-order valence-electron chi connectivity index (χ3n) is 11.4. The Morgan fingerprint density at radius 2 is 1.65 bits per heavy atom. The zero-order chi connectivity index (χ0) is 38.9. The summed E-state index contributed by atoms with van der Waals surface area (Å²) in [5.74, 6) is -5.15. The van der Waals surface area contributed by atoms with Crippen molar-refractivity contribution in [3.8, 4) is 0 Å². The first-order chi connectivity index (χ1) is 24.3. The van der Waals surface area contributed by atoms with Gasteiger partial charge in [0, 0.05) is 42.5 Å². The molecule has 4 rings (SSSR count). The van der Waals surface area contributed by atoms with E-state index >= 15 is 0 Å². The maximum atomic E-state index is 14.6. The molecule has 13 atom stereocenters. The van der Waals surface area contributed by atoms with E-state index in [0.29, 0.717) is 11.4 Å². The summed E-state index contributed by atoms with van der Waals surface area (Å²) in [5, 5.41) is 13.3. The number of likely N-dealkylation sites (N-methyl/N-ethyl adjacent to an activating group) is 1. The van der Waals surface area contributed by atoms with Crippen LogP contribution < -0.4 is 5.43 Å². The number of carbonyl (C=O) groups excluding carboxylic acids is 4. The molecule has 14 heteroatoms. The van der Waals surface area contributed by atoms with Gasteiger partial charge in [0.15, 0.2) is 17.7 Å². The molecule has 292 valence electrons. The first-order valence-electron chi connectivity index (χ1n) is 18.3. The number of methoxy groups -OCH3 is 1. The summed E-state index contributed by atoms with van der Waals surface area (Å²) in [6.07, 6.45) is -4.31. The molecule has 0 radical (unpaired) electrons. The number of hydrogen-bond donors (Lipinski definition) is 2. The number of aliphatic hydroxyl groups is 1. The Hall–Kier alpha value is -2.65. The van der Waals surface area contributed by atoms with Crippen LogP contribution in [-0.2, 0) is 44.6 Å². The molecule has 0 bridgehead atoms. The van der Waals surface area contributed by atoms with Crippen LogP contribution in [0.2, 0.25) is 5.02 Å². The maximum Gasteiger partial charge on any atom is 0.425 e. The number of benzene rings is 1. The zero-order valence-electron chi connectivity index (χ0n) is 32.4. The number of Topliss-reactive ketones (excluding diaryl/α,β-unsaturated/α-hetero) is 2. The van der Waals surface area contributed by atoms with Gasteiger partial charge in [-0.15, -0.1) is 0 Å². The standard InChI is InChI=1S/C38H58ClN3O10/c1-12-28-38(8)32(42(36(47)52-38)40-19-25-13-15-26(39)16-14-25)22(4)29(43)20(2)18-37(7,48-11)33(23(5)30(44)24(6)34(46)50-28)51-35-31(45)27(41(9)10)17-21(3)49-35/h13-16,20-24,27-28,31-33,35,40,45H,12,17-19H2,1-11H3/t20-,21+,22+,23+,24-,27-,28-,31+,32?,33-,35-,37-,38-/m1/s1. The Labute approximate surface area is 312 Å². The lowest BCUT2D eigenvalue weighted by Gasteiger charge is -2.47. The second-order valence-corrected chi connectivity index (χ2v) is 16.0. The monoisotopic (exact) mass is 751 g/mol. The Balaban J connectivity index is 1.77. The predicted octanol–water partition coefficient (Wildman–Crippen LogP) is 4.55. The fraction of sp³-hybridized carbons (Fsp3) is 0.737. The molecule has 0 aromatic heterocycles. The highest BCUT2D eigenvalue weighted by molar-refractivity contribution is 6.30. The predicted molar refractivity (Wildman–Crippen MR) is 193 cm³/mol. The summed E-state index contributed by atoms with van der Waals surface area (Å²) in [6, 6.07) is 5.92. The van der Waals surface area contributed by atoms with Gasteiger partial charge in [0.25, 0.3) is 0 Å². The van der Waals surface area contributed by atoms with Crippen molar-refractivity contribution < 1.29 is 48.0 Å². The van der Waals surface area contributed by atoms with Crippen molar-refractivity contribution in [1.82, 2.24) is 15.3 Å². The summed E-state index contributed by atoms with van der Waals surface area (Å²) in [5.41, 5.74) is 1.24. The summed E-state index contributed by atoms with van der Waals surface area (Å²) in [7, 11) is 5.21. The van der Waals surface area contributed by atoms with Crippen molar-refractivity contribution in [3.05, 3.63) is 34.9 Å². The third kappa shape index (κ3) is 8.51. The molecule has 0 spiro atoms. The summed E-state index contributed by atoms with van der Waals surface area (Å²) in [6.45, 7) is 14.0. The first-order valence-corrected chi connectivity index (χ1v) is 18.7. The Kier molecular flexibility index (Phi) is 13.6. The molecule has 1 aromatic rings. The Bertz CT molecular complexity index is 1450. The number of esters is 1. The lowest BCUT2D eigenvalue weighted by molar-refractivity contribution is -0.295. The first kappa shape index (κ1) is 42.1. The highest BCUT2D eigenvalue weighted by Crippen LogP contribution is 2.42. The number of halogens is 1. The molecule has 3 aliphatic heterocycles. The molecule has 13 nitrogen and oxygen atoms in total. The van der Waals surface area contributed by atoms with Gasteiger partial charge >= 0.3 is 12.1 Å². The summed E-state index contributed by atoms with van der Waals surface area (Å²) < 4.78 is 30.9. The molecule has 0 saturated carbocycles. The second kappa shape index (κ2) is 16.8. The van der Waals surface area contributed by atoms with E-state index < -0.39 is 83.4 Å². The van der Waals surface area contributed by atoms with E-state index in [0.717, 1.165) is 5.56 Å². The molecule has 3 heterocycles. The number of ketones is 2. The minimum Gasteiger partial charge on any atom is -0.458 e. The number of amides is 1. The molecule has 3 fully saturated rings. The number of cyclic esters (lactones) is 1. The van der Waals surface area contributed by atoms with Crippen LogP contribution in [0.3, 0.4) is 0 Å². The van der Waals surface area contributed by atoms with Crippen molar-refractivity contribution in [2.24, 2.45) is 23.7 Å². The number of aliphatic hydroxyl groups excluding tert-OH is 1. The maximum absolute atomic E-state index is 14.6. The van der Waals surface area contributed by atoms with Crippen LogP contribution in [0.15, 0.2) is 24.3 Å². The van der Waals surface area contributed by atoms with Gasteiger partial charge in [-0.1, -0.05) is 51.4 Å². The number of ether oxygens (including phenoxy) is 5. The Morgan fingerprint density at radius 3 is 2.23 bits per heavy atom. The van der Waals surface area contributed by atoms with Gasteiger partial charge in [-0.05, 0) is 78.7 Å². The number of rotatable bonds is 8. The van der Waals surface area contributed by atoms with Crippen LogP contribution >= 0.6 is 11.6 Å². The quantitative estimate of drug-likeness (QED) is 0.283. The van der Waals surface area contributed by atoms with Gasteiger partial charge in [-0.25, -0.2) is 15.2 Å². The number of carbonyl (C=O) groups is 4. The molecule has 52 heavy (non-hydrogen) atoms. The number of nitrogens with one attached hydrogen (secondary N) is 1. The number of fused-ring (bicyclic) bond motifs is 1. The second-order valence-electron chi connectivity index (χ2n) is 15.5.